The fourth-order valence-electron chi connectivity index (χ4n) is 0.231. The van der Waals surface area contributed by atoms with Crippen molar-refractivity contribution in [1.82, 2.24) is 0 Å². The second kappa shape index (κ2) is 6.54. The van der Waals surface area contributed by atoms with Gasteiger partial charge in [-0.25, -0.2) is 4.79 Å². The molecular weight excluding hydrogens is 202 g/mol. The Morgan fingerprint density at radius 3 is 2.00 bits per heavy atom. The minimum absolute atomic E-state index is 0.486. The van der Waals surface area contributed by atoms with Gasteiger partial charge in [0.25, 0.3) is 0 Å². The van der Waals surface area contributed by atoms with Crippen molar-refractivity contribution in [3.63, 3.8) is 0 Å². The van der Waals surface area contributed by atoms with E-state index in [0.717, 1.165) is 6.08 Å². The number of ether oxygens (including phenoxy) is 1. The van der Waals surface area contributed by atoms with E-state index in [0.29, 0.717) is 0 Å². The van der Waals surface area contributed by atoms with Crippen LogP contribution >= 0.6 is 0 Å². The summed E-state index contributed by atoms with van der Waals surface area (Å²) in [4.78, 5) is 10.2. The first-order chi connectivity index (χ1) is 5.66. The van der Waals surface area contributed by atoms with Crippen LogP contribution in [0, 0.1) is 0 Å². The molecule has 4 N–H and O–H groups in total. The molecule has 0 saturated carbocycles. The highest BCUT2D eigenvalue weighted by Crippen LogP contribution is 1.81. The van der Waals surface area contributed by atoms with E-state index in [4.69, 9.17) is 23.3 Å². The molecule has 0 aliphatic rings. The summed E-state index contributed by atoms with van der Waals surface area (Å²) in [7, 11) is -4.67. The molecule has 0 aromatic rings. The molecule has 0 fully saturated rings. The number of carbonyl (C=O) groups excluding carboxylic acids is 1. The molecule has 0 spiro atoms. The fourth-order valence-corrected chi connectivity index (χ4v) is 0.231. The van der Waals surface area contributed by atoms with E-state index in [1.807, 2.05) is 0 Å². The van der Waals surface area contributed by atoms with Crippen LogP contribution in [0.3, 0.4) is 0 Å². The molecule has 0 aromatic carbocycles. The Morgan fingerprint density at radius 1 is 1.62 bits per heavy atom. The van der Waals surface area contributed by atoms with Gasteiger partial charge in [-0.1, -0.05) is 6.58 Å². The first kappa shape index (κ1) is 14.6. The summed E-state index contributed by atoms with van der Waals surface area (Å²) >= 11 is 0. The zero-order valence-corrected chi connectivity index (χ0v) is 7.69. The van der Waals surface area contributed by atoms with E-state index in [1.165, 1.54) is 0 Å². The summed E-state index contributed by atoms with van der Waals surface area (Å²) in [5.74, 6) is -0.486. The average molecular weight is 213 g/mol. The molecule has 8 heteroatoms. The largest absolute Gasteiger partial charge is 0.444 e. The van der Waals surface area contributed by atoms with Crippen molar-refractivity contribution in [1.29, 1.82) is 0 Å². The maximum Gasteiger partial charge on any atom is 0.394 e. The van der Waals surface area contributed by atoms with Gasteiger partial charge in [-0.15, -0.1) is 0 Å². The van der Waals surface area contributed by atoms with Crippen LogP contribution in [0.4, 0.5) is 0 Å². The molecule has 0 rings (SSSR count). The van der Waals surface area contributed by atoms with Gasteiger partial charge in [-0.2, -0.15) is 8.42 Å². The van der Waals surface area contributed by atoms with Gasteiger partial charge in [0, 0.05) is 6.08 Å². The van der Waals surface area contributed by atoms with Gasteiger partial charge in [-0.3, -0.25) is 14.8 Å². The summed E-state index contributed by atoms with van der Waals surface area (Å²) in [5.41, 5.74) is 5.08. The summed E-state index contributed by atoms with van der Waals surface area (Å²) in [6.07, 6.45) is 0.532. The third-order valence-electron chi connectivity index (χ3n) is 0.469. The van der Waals surface area contributed by atoms with Crippen molar-refractivity contribution < 1.29 is 27.1 Å². The van der Waals surface area contributed by atoms with Crippen LogP contribution in [0.5, 0.6) is 0 Å². The van der Waals surface area contributed by atoms with Crippen LogP contribution in [0.1, 0.15) is 6.92 Å². The molecule has 0 amide bonds. The molecule has 0 radical (unpaired) electrons. The molecule has 1 unspecified atom stereocenters. The first-order valence-electron chi connectivity index (χ1n) is 2.95. The SMILES string of the molecule is C=CC(=O)OC(C)N.O=S(=O)(O)O. The van der Waals surface area contributed by atoms with Crippen molar-refractivity contribution >= 4 is 16.4 Å². The third-order valence-corrected chi connectivity index (χ3v) is 0.469. The molecule has 78 valence electrons. The molecule has 0 aromatic heterocycles. The molecule has 0 aliphatic carbocycles. The van der Waals surface area contributed by atoms with Gasteiger partial charge < -0.3 is 4.74 Å². The number of esters is 1. The van der Waals surface area contributed by atoms with Gasteiger partial charge >= 0.3 is 16.4 Å². The topological polar surface area (TPSA) is 127 Å². The monoisotopic (exact) mass is 213 g/mol. The zero-order chi connectivity index (χ0) is 11.1. The van der Waals surface area contributed by atoms with Crippen molar-refractivity contribution in [2.75, 3.05) is 0 Å². The molecule has 0 saturated heterocycles. The van der Waals surface area contributed by atoms with E-state index >= 15 is 0 Å². The lowest BCUT2D eigenvalue weighted by Crippen LogP contribution is -2.21. The summed E-state index contributed by atoms with van der Waals surface area (Å²) in [6.45, 7) is 4.75. The maximum atomic E-state index is 10.2. The number of hydrogen-bond donors (Lipinski definition) is 3. The van der Waals surface area contributed by atoms with Crippen molar-refractivity contribution in [3.05, 3.63) is 12.7 Å². The normalized spacial score (nSPS) is 12.0. The summed E-state index contributed by atoms with van der Waals surface area (Å²) in [6, 6.07) is 0. The smallest absolute Gasteiger partial charge is 0.394 e. The Hall–Kier alpha value is -0.960. The predicted octanol–water partition coefficient (Wildman–Crippen LogP) is -0.632. The Kier molecular flexibility index (Phi) is 7.33. The van der Waals surface area contributed by atoms with Gasteiger partial charge in [0.1, 0.15) is 6.23 Å². The van der Waals surface area contributed by atoms with E-state index in [9.17, 15) is 4.79 Å². The van der Waals surface area contributed by atoms with Gasteiger partial charge in [0.05, 0.1) is 0 Å². The second-order valence-electron chi connectivity index (χ2n) is 1.79. The van der Waals surface area contributed by atoms with Crippen LogP contribution in [0.25, 0.3) is 0 Å². The average Bonchev–Trinajstić information content (AvgIpc) is 1.82. The molecular formula is C5H11NO6S. The lowest BCUT2D eigenvalue weighted by molar-refractivity contribution is -0.141. The Bertz CT molecular complexity index is 248. The highest BCUT2D eigenvalue weighted by molar-refractivity contribution is 7.79. The predicted molar refractivity (Wildman–Crippen MR) is 44.1 cm³/mol. The van der Waals surface area contributed by atoms with Crippen LogP contribution in [-0.4, -0.2) is 29.7 Å². The van der Waals surface area contributed by atoms with Crippen LogP contribution in [-0.2, 0) is 19.9 Å². The molecule has 0 aliphatic heterocycles. The number of nitrogens with two attached hydrogens (primary N) is 1. The zero-order valence-electron chi connectivity index (χ0n) is 6.87. The van der Waals surface area contributed by atoms with Crippen molar-refractivity contribution in [3.8, 4) is 0 Å². The molecule has 0 bridgehead atoms. The fraction of sp³-hybridized carbons (Fsp3) is 0.400. The van der Waals surface area contributed by atoms with E-state index in [1.54, 1.807) is 6.92 Å². The maximum absolute atomic E-state index is 10.2. The van der Waals surface area contributed by atoms with Crippen LogP contribution < -0.4 is 5.73 Å². The summed E-state index contributed by atoms with van der Waals surface area (Å²) < 4.78 is 36.0. The number of rotatable bonds is 2. The van der Waals surface area contributed by atoms with Gasteiger partial charge in [0.2, 0.25) is 0 Å². The quantitative estimate of drug-likeness (QED) is 0.241. The van der Waals surface area contributed by atoms with E-state index < -0.39 is 22.6 Å². The lowest BCUT2D eigenvalue weighted by Gasteiger charge is -2.02. The Morgan fingerprint density at radius 2 is 1.92 bits per heavy atom. The van der Waals surface area contributed by atoms with Crippen molar-refractivity contribution in [2.45, 2.75) is 13.2 Å². The van der Waals surface area contributed by atoms with Gasteiger partial charge in [0.15, 0.2) is 0 Å². The highest BCUT2D eigenvalue weighted by atomic mass is 32.3. The summed E-state index contributed by atoms with van der Waals surface area (Å²) in [5, 5.41) is 0. The van der Waals surface area contributed by atoms with Crippen molar-refractivity contribution in [2.24, 2.45) is 5.73 Å². The van der Waals surface area contributed by atoms with Crippen LogP contribution in [0.15, 0.2) is 12.7 Å². The number of carbonyl (C=O) groups is 1. The second-order valence-corrected chi connectivity index (χ2v) is 2.69. The minimum atomic E-state index is -4.67. The minimum Gasteiger partial charge on any atom is -0.444 e. The first-order valence-corrected chi connectivity index (χ1v) is 4.35. The lowest BCUT2D eigenvalue weighted by atomic mass is 10.6. The number of hydrogen-bond acceptors (Lipinski definition) is 5. The van der Waals surface area contributed by atoms with Crippen LogP contribution in [0.2, 0.25) is 0 Å². The molecule has 1 atom stereocenters. The van der Waals surface area contributed by atoms with Gasteiger partial charge in [-0.05, 0) is 6.92 Å². The third kappa shape index (κ3) is 35.5. The Balaban J connectivity index is 0. The Labute approximate surface area is 75.8 Å². The molecule has 7 nitrogen and oxygen atoms in total. The molecule has 13 heavy (non-hydrogen) atoms. The molecule has 0 heterocycles. The van der Waals surface area contributed by atoms with E-state index in [2.05, 4.69) is 11.3 Å². The standard InChI is InChI=1S/C5H9NO2.H2O4S/c1-3-5(7)8-4(2)6;1-5(2,3)4/h3-4H,1,6H2,2H3;(H2,1,2,3,4). The highest BCUT2D eigenvalue weighted by Gasteiger charge is 1.96. The van der Waals surface area contributed by atoms with E-state index in [-0.39, 0.29) is 0 Å².